The van der Waals surface area contributed by atoms with Crippen molar-refractivity contribution >= 4 is 17.2 Å². The number of hydrogen-bond donors (Lipinski definition) is 0. The van der Waals surface area contributed by atoms with Gasteiger partial charge >= 0.3 is 0 Å². The van der Waals surface area contributed by atoms with Crippen molar-refractivity contribution in [2.24, 2.45) is 5.92 Å². The first-order valence-corrected chi connectivity index (χ1v) is 8.17. The Morgan fingerprint density at radius 3 is 2.17 bits per heavy atom. The lowest BCUT2D eigenvalue weighted by molar-refractivity contribution is -0.127. The summed E-state index contributed by atoms with van der Waals surface area (Å²) in [6.07, 6.45) is 1.76. The summed E-state index contributed by atoms with van der Waals surface area (Å²) >= 11 is 0. The van der Waals surface area contributed by atoms with Gasteiger partial charge in [0.2, 0.25) is 5.91 Å². The molecule has 1 atom stereocenters. The van der Waals surface area contributed by atoms with E-state index in [1.807, 2.05) is 17.0 Å². The molecule has 2 aromatic carbocycles. The van der Waals surface area contributed by atoms with Gasteiger partial charge in [0.05, 0.1) is 5.92 Å². The van der Waals surface area contributed by atoms with Crippen LogP contribution in [0.25, 0.3) is 5.57 Å². The largest absolute Gasteiger partial charge is 0.311 e. The second kappa shape index (κ2) is 6.41. The molecule has 1 fully saturated rings. The summed E-state index contributed by atoms with van der Waals surface area (Å²) in [6, 6.07) is 16.6. The molecule has 0 unspecified atom stereocenters. The molecule has 3 rings (SSSR count). The Morgan fingerprint density at radius 1 is 1.04 bits per heavy atom. The van der Waals surface area contributed by atoms with Crippen molar-refractivity contribution in [3.05, 3.63) is 71.8 Å². The highest BCUT2D eigenvalue weighted by Crippen LogP contribution is 2.31. The predicted octanol–water partition coefficient (Wildman–Crippen LogP) is 4.76. The Kier molecular flexibility index (Phi) is 4.33. The van der Waals surface area contributed by atoms with Crippen molar-refractivity contribution in [3.8, 4) is 0 Å². The molecule has 118 valence electrons. The van der Waals surface area contributed by atoms with Gasteiger partial charge in [-0.3, -0.25) is 4.79 Å². The number of carbonyl (C=O) groups is 1. The second-order valence-electron chi connectivity index (χ2n) is 6.49. The predicted molar refractivity (Wildman–Crippen MR) is 96.5 cm³/mol. The monoisotopic (exact) mass is 305 g/mol. The maximum absolute atomic E-state index is 12.3. The van der Waals surface area contributed by atoms with Crippen LogP contribution in [-0.2, 0) is 4.79 Å². The molecule has 0 bridgehead atoms. The van der Waals surface area contributed by atoms with Crippen LogP contribution in [0.3, 0.4) is 0 Å². The average Bonchev–Trinajstić information content (AvgIpc) is 2.55. The molecular formula is C21H23NO. The lowest BCUT2D eigenvalue weighted by Crippen LogP contribution is -2.52. The molecule has 0 spiro atoms. The van der Waals surface area contributed by atoms with Crippen molar-refractivity contribution in [2.45, 2.75) is 26.7 Å². The topological polar surface area (TPSA) is 20.3 Å². The molecule has 2 aromatic rings. The molecule has 2 heteroatoms. The first-order valence-electron chi connectivity index (χ1n) is 8.17. The van der Waals surface area contributed by atoms with E-state index in [1.54, 1.807) is 0 Å². The van der Waals surface area contributed by atoms with Crippen molar-refractivity contribution in [3.63, 3.8) is 0 Å². The van der Waals surface area contributed by atoms with Crippen LogP contribution in [0.2, 0.25) is 0 Å². The van der Waals surface area contributed by atoms with Crippen LogP contribution in [-0.4, -0.2) is 12.5 Å². The number of carbonyl (C=O) groups excluding carboxylic acids is 1. The van der Waals surface area contributed by atoms with Crippen LogP contribution in [0.1, 0.15) is 29.5 Å². The van der Waals surface area contributed by atoms with Gasteiger partial charge in [0.1, 0.15) is 0 Å². The number of rotatable bonds is 5. The molecule has 1 amide bonds. The van der Waals surface area contributed by atoms with Gasteiger partial charge in [-0.2, -0.15) is 0 Å². The molecule has 0 saturated carbocycles. The maximum atomic E-state index is 12.3. The molecule has 0 aliphatic carbocycles. The van der Waals surface area contributed by atoms with E-state index in [0.29, 0.717) is 0 Å². The van der Waals surface area contributed by atoms with E-state index >= 15 is 0 Å². The van der Waals surface area contributed by atoms with E-state index in [9.17, 15) is 4.79 Å². The fourth-order valence-electron chi connectivity index (χ4n) is 2.95. The summed E-state index contributed by atoms with van der Waals surface area (Å²) in [4.78, 5) is 14.2. The Balaban J connectivity index is 1.53. The number of aryl methyl sites for hydroxylation is 2. The molecule has 1 aliphatic rings. The Labute approximate surface area is 138 Å². The first kappa shape index (κ1) is 15.5. The molecular weight excluding hydrogens is 282 g/mol. The van der Waals surface area contributed by atoms with Crippen LogP contribution >= 0.6 is 0 Å². The van der Waals surface area contributed by atoms with Crippen molar-refractivity contribution in [2.75, 3.05) is 11.4 Å². The molecule has 1 saturated heterocycles. The van der Waals surface area contributed by atoms with E-state index in [1.165, 1.54) is 16.7 Å². The standard InChI is InChI=1S/C21H23NO/c1-15-4-9-18(10-5-15)17(3)8-11-19-14-22(21(19)23)20-12-6-16(2)7-13-20/h4-7,9-10,12-13,19H,3,8,11,14H2,1-2H3/t19-/m1/s1. The van der Waals surface area contributed by atoms with Gasteiger partial charge < -0.3 is 4.90 Å². The lowest BCUT2D eigenvalue weighted by atomic mass is 9.89. The molecule has 0 radical (unpaired) electrons. The molecule has 1 aliphatic heterocycles. The summed E-state index contributed by atoms with van der Waals surface area (Å²) in [7, 11) is 0. The quantitative estimate of drug-likeness (QED) is 0.729. The van der Waals surface area contributed by atoms with Gasteiger partial charge in [0.15, 0.2) is 0 Å². The smallest absolute Gasteiger partial charge is 0.231 e. The lowest BCUT2D eigenvalue weighted by Gasteiger charge is -2.38. The number of benzene rings is 2. The minimum atomic E-state index is 0.138. The van der Waals surface area contributed by atoms with Crippen LogP contribution in [0.15, 0.2) is 55.1 Å². The number of amides is 1. The molecule has 1 heterocycles. The van der Waals surface area contributed by atoms with Crippen LogP contribution in [0, 0.1) is 19.8 Å². The fourth-order valence-corrected chi connectivity index (χ4v) is 2.95. The van der Waals surface area contributed by atoms with E-state index in [4.69, 9.17) is 0 Å². The molecule has 0 aromatic heterocycles. The molecule has 0 N–H and O–H groups in total. The van der Waals surface area contributed by atoms with Crippen LogP contribution in [0.4, 0.5) is 5.69 Å². The number of hydrogen-bond acceptors (Lipinski definition) is 1. The SMILES string of the molecule is C=C(CC[C@@H]1CN(c2ccc(C)cc2)C1=O)c1ccc(C)cc1. The highest BCUT2D eigenvalue weighted by molar-refractivity contribution is 6.01. The zero-order chi connectivity index (χ0) is 16.4. The van der Waals surface area contributed by atoms with Crippen LogP contribution in [0.5, 0.6) is 0 Å². The Bertz CT molecular complexity index is 713. The van der Waals surface area contributed by atoms with E-state index in [-0.39, 0.29) is 11.8 Å². The van der Waals surface area contributed by atoms with Gasteiger partial charge in [-0.1, -0.05) is 54.1 Å². The molecule has 2 nitrogen and oxygen atoms in total. The highest BCUT2D eigenvalue weighted by Gasteiger charge is 2.36. The number of nitrogens with zero attached hydrogens (tertiary/aromatic N) is 1. The summed E-state index contributed by atoms with van der Waals surface area (Å²) in [5, 5.41) is 0. The van der Waals surface area contributed by atoms with Gasteiger partial charge in [0.25, 0.3) is 0 Å². The van der Waals surface area contributed by atoms with E-state index in [2.05, 4.69) is 56.8 Å². The molecule has 23 heavy (non-hydrogen) atoms. The summed E-state index contributed by atoms with van der Waals surface area (Å²) in [5.41, 5.74) is 5.77. The van der Waals surface area contributed by atoms with Gasteiger partial charge in [0, 0.05) is 12.2 Å². The van der Waals surface area contributed by atoms with Gasteiger partial charge in [-0.25, -0.2) is 0 Å². The van der Waals surface area contributed by atoms with Crippen molar-refractivity contribution in [1.82, 2.24) is 0 Å². The van der Waals surface area contributed by atoms with Crippen molar-refractivity contribution in [1.29, 1.82) is 0 Å². The fraction of sp³-hybridized carbons (Fsp3) is 0.286. The first-order chi connectivity index (χ1) is 11.0. The number of anilines is 1. The minimum Gasteiger partial charge on any atom is -0.311 e. The van der Waals surface area contributed by atoms with Gasteiger partial charge in [-0.05, 0) is 50.0 Å². The third-order valence-electron chi connectivity index (χ3n) is 4.62. The van der Waals surface area contributed by atoms with E-state index in [0.717, 1.165) is 30.6 Å². The number of allylic oxidation sites excluding steroid dienone is 1. The normalized spacial score (nSPS) is 17.0. The maximum Gasteiger partial charge on any atom is 0.231 e. The Morgan fingerprint density at radius 2 is 1.61 bits per heavy atom. The van der Waals surface area contributed by atoms with E-state index < -0.39 is 0 Å². The zero-order valence-corrected chi connectivity index (χ0v) is 13.9. The van der Waals surface area contributed by atoms with Crippen LogP contribution < -0.4 is 4.90 Å². The minimum absolute atomic E-state index is 0.138. The summed E-state index contributed by atoms with van der Waals surface area (Å²) < 4.78 is 0. The summed E-state index contributed by atoms with van der Waals surface area (Å²) in [6.45, 7) is 9.13. The Hall–Kier alpha value is -2.35. The average molecular weight is 305 g/mol. The highest BCUT2D eigenvalue weighted by atomic mass is 16.2. The van der Waals surface area contributed by atoms with Crippen molar-refractivity contribution < 1.29 is 4.79 Å². The third-order valence-corrected chi connectivity index (χ3v) is 4.62. The second-order valence-corrected chi connectivity index (χ2v) is 6.49. The number of β-lactam (4-membered cyclic amide) rings is 1. The zero-order valence-electron chi connectivity index (χ0n) is 13.9. The van der Waals surface area contributed by atoms with Gasteiger partial charge in [-0.15, -0.1) is 0 Å². The summed E-state index contributed by atoms with van der Waals surface area (Å²) in [5.74, 6) is 0.379. The third kappa shape index (κ3) is 3.37.